The normalized spacial score (nSPS) is 11.2. The van der Waals surface area contributed by atoms with Crippen LogP contribution in [0, 0.1) is 0 Å². The highest BCUT2D eigenvalue weighted by atomic mass is 32.2. The highest BCUT2D eigenvalue weighted by Crippen LogP contribution is 2.20. The van der Waals surface area contributed by atoms with Crippen LogP contribution in [-0.2, 0) is 16.4 Å². The van der Waals surface area contributed by atoms with Crippen molar-refractivity contribution < 1.29 is 8.42 Å². The molecule has 0 spiro atoms. The maximum atomic E-state index is 12.2. The number of benzene rings is 1. The first-order chi connectivity index (χ1) is 9.03. The van der Waals surface area contributed by atoms with Crippen LogP contribution >= 0.6 is 0 Å². The average Bonchev–Trinajstić information content (AvgIpc) is 2.38. The van der Waals surface area contributed by atoms with Crippen LogP contribution in [0.15, 0.2) is 47.6 Å². The Hall–Kier alpha value is -2.08. The minimum Gasteiger partial charge on any atom is -0.398 e. The molecule has 0 unspecified atom stereocenters. The van der Waals surface area contributed by atoms with E-state index < -0.39 is 10.0 Å². The number of nitrogen functional groups attached to an aromatic ring is 1. The van der Waals surface area contributed by atoms with E-state index in [1.54, 1.807) is 12.1 Å². The molecule has 0 saturated heterocycles. The van der Waals surface area contributed by atoms with E-state index in [2.05, 4.69) is 9.71 Å². The summed E-state index contributed by atoms with van der Waals surface area (Å²) in [5.41, 5.74) is 7.40. The van der Waals surface area contributed by atoms with Crippen molar-refractivity contribution in [3.63, 3.8) is 0 Å². The number of sulfonamides is 1. The molecule has 0 aliphatic rings. The van der Waals surface area contributed by atoms with Gasteiger partial charge in [-0.15, -0.1) is 0 Å². The molecular formula is C13H15N3O2S. The fourth-order valence-corrected chi connectivity index (χ4v) is 2.81. The summed E-state index contributed by atoms with van der Waals surface area (Å²) in [6.45, 7) is 2.01. The number of nitrogens with zero attached hydrogens (tertiary/aromatic N) is 1. The fraction of sp³-hybridized carbons (Fsp3) is 0.154. The van der Waals surface area contributed by atoms with Crippen molar-refractivity contribution in [2.75, 3.05) is 10.5 Å². The second kappa shape index (κ2) is 5.27. The monoisotopic (exact) mass is 277 g/mol. The van der Waals surface area contributed by atoms with E-state index in [0.717, 1.165) is 12.0 Å². The first-order valence-corrected chi connectivity index (χ1v) is 7.32. The van der Waals surface area contributed by atoms with Crippen molar-refractivity contribution in [1.82, 2.24) is 4.98 Å². The van der Waals surface area contributed by atoms with Crippen molar-refractivity contribution in [2.45, 2.75) is 18.2 Å². The molecule has 1 aromatic heterocycles. The molecule has 0 aliphatic carbocycles. The Morgan fingerprint density at radius 1 is 1.32 bits per heavy atom. The summed E-state index contributed by atoms with van der Waals surface area (Å²) >= 11 is 0. The second-order valence-corrected chi connectivity index (χ2v) is 5.72. The highest BCUT2D eigenvalue weighted by molar-refractivity contribution is 7.92. The third-order valence-corrected chi connectivity index (χ3v) is 4.12. The van der Waals surface area contributed by atoms with E-state index in [1.165, 1.54) is 18.5 Å². The van der Waals surface area contributed by atoms with E-state index in [1.807, 2.05) is 19.1 Å². The predicted molar refractivity (Wildman–Crippen MR) is 75.3 cm³/mol. The number of nitrogens with two attached hydrogens (primary N) is 1. The molecule has 5 nitrogen and oxygen atoms in total. The average molecular weight is 277 g/mol. The van der Waals surface area contributed by atoms with Gasteiger partial charge in [-0.05, 0) is 30.2 Å². The molecule has 100 valence electrons. The zero-order valence-corrected chi connectivity index (χ0v) is 11.3. The van der Waals surface area contributed by atoms with Gasteiger partial charge in [0.1, 0.15) is 4.90 Å². The lowest BCUT2D eigenvalue weighted by Gasteiger charge is -2.10. The van der Waals surface area contributed by atoms with Crippen molar-refractivity contribution in [3.05, 3.63) is 48.3 Å². The molecule has 6 heteroatoms. The van der Waals surface area contributed by atoms with Crippen LogP contribution in [0.5, 0.6) is 0 Å². The molecule has 19 heavy (non-hydrogen) atoms. The Morgan fingerprint density at radius 3 is 2.79 bits per heavy atom. The van der Waals surface area contributed by atoms with Crippen molar-refractivity contribution in [2.24, 2.45) is 0 Å². The van der Waals surface area contributed by atoms with Gasteiger partial charge in [0.2, 0.25) is 0 Å². The molecule has 0 amide bonds. The highest BCUT2D eigenvalue weighted by Gasteiger charge is 2.17. The largest absolute Gasteiger partial charge is 0.398 e. The molecule has 0 bridgehead atoms. The summed E-state index contributed by atoms with van der Waals surface area (Å²) in [5, 5.41) is 0. The van der Waals surface area contributed by atoms with E-state index in [9.17, 15) is 8.42 Å². The Bertz CT molecular complexity index is 684. The minimum absolute atomic E-state index is 0.0168. The maximum Gasteiger partial charge on any atom is 0.265 e. The molecular weight excluding hydrogens is 262 g/mol. The van der Waals surface area contributed by atoms with Gasteiger partial charge in [0.05, 0.1) is 5.69 Å². The fourth-order valence-electron chi connectivity index (χ4n) is 1.68. The number of rotatable bonds is 4. The van der Waals surface area contributed by atoms with Gasteiger partial charge in [0.15, 0.2) is 0 Å². The van der Waals surface area contributed by atoms with Gasteiger partial charge in [-0.2, -0.15) is 0 Å². The Labute approximate surface area is 112 Å². The number of hydrogen-bond acceptors (Lipinski definition) is 4. The molecule has 0 fully saturated rings. The smallest absolute Gasteiger partial charge is 0.265 e. The molecule has 0 radical (unpaired) electrons. The van der Waals surface area contributed by atoms with Crippen LogP contribution in [0.4, 0.5) is 11.4 Å². The van der Waals surface area contributed by atoms with E-state index >= 15 is 0 Å². The molecule has 1 aromatic carbocycles. The minimum atomic E-state index is -3.71. The standard InChI is InChI=1S/C13H15N3O2S/c1-2-10-4-3-5-11(8-10)16-19(17,18)13-9-15-7-6-12(13)14/h3-9,16H,2H2,1H3,(H2,14,15). The molecule has 0 aliphatic heterocycles. The summed E-state index contributed by atoms with van der Waals surface area (Å²) < 4.78 is 26.9. The molecule has 2 aromatic rings. The zero-order chi connectivity index (χ0) is 13.9. The van der Waals surface area contributed by atoms with Crippen LogP contribution in [0.1, 0.15) is 12.5 Å². The van der Waals surface area contributed by atoms with E-state index in [0.29, 0.717) is 5.69 Å². The number of aryl methyl sites for hydroxylation is 1. The summed E-state index contributed by atoms with van der Waals surface area (Å²) in [7, 11) is -3.71. The SMILES string of the molecule is CCc1cccc(NS(=O)(=O)c2cnccc2N)c1. The number of nitrogens with one attached hydrogen (secondary N) is 1. The number of anilines is 2. The van der Waals surface area contributed by atoms with Gasteiger partial charge in [-0.1, -0.05) is 19.1 Å². The summed E-state index contributed by atoms with van der Waals surface area (Å²) in [4.78, 5) is 3.77. The topological polar surface area (TPSA) is 85.1 Å². The quantitative estimate of drug-likeness (QED) is 0.895. The Kier molecular flexibility index (Phi) is 3.71. The lowest BCUT2D eigenvalue weighted by atomic mass is 10.1. The van der Waals surface area contributed by atoms with Crippen molar-refractivity contribution >= 4 is 21.4 Å². The van der Waals surface area contributed by atoms with Gasteiger partial charge in [0, 0.05) is 18.1 Å². The van der Waals surface area contributed by atoms with Crippen LogP contribution in [-0.4, -0.2) is 13.4 Å². The van der Waals surface area contributed by atoms with Gasteiger partial charge in [-0.25, -0.2) is 8.42 Å². The Balaban J connectivity index is 2.34. The van der Waals surface area contributed by atoms with Crippen molar-refractivity contribution in [1.29, 1.82) is 0 Å². The third kappa shape index (κ3) is 3.03. The van der Waals surface area contributed by atoms with Gasteiger partial charge < -0.3 is 5.73 Å². The van der Waals surface area contributed by atoms with Crippen LogP contribution < -0.4 is 10.5 Å². The van der Waals surface area contributed by atoms with Crippen LogP contribution in [0.25, 0.3) is 0 Å². The van der Waals surface area contributed by atoms with Gasteiger partial charge in [-0.3, -0.25) is 9.71 Å². The Morgan fingerprint density at radius 2 is 2.11 bits per heavy atom. The summed E-state index contributed by atoms with van der Waals surface area (Å²) in [6, 6.07) is 8.70. The first kappa shape index (κ1) is 13.4. The molecule has 0 saturated carbocycles. The second-order valence-electron chi connectivity index (χ2n) is 4.07. The van der Waals surface area contributed by atoms with Crippen LogP contribution in [0.2, 0.25) is 0 Å². The molecule has 2 rings (SSSR count). The van der Waals surface area contributed by atoms with Gasteiger partial charge in [0.25, 0.3) is 10.0 Å². The first-order valence-electron chi connectivity index (χ1n) is 5.84. The lowest BCUT2D eigenvalue weighted by Crippen LogP contribution is -2.15. The summed E-state index contributed by atoms with van der Waals surface area (Å²) in [6.07, 6.45) is 3.53. The third-order valence-electron chi connectivity index (χ3n) is 2.69. The summed E-state index contributed by atoms with van der Waals surface area (Å²) in [5.74, 6) is 0. The van der Waals surface area contributed by atoms with Crippen molar-refractivity contribution in [3.8, 4) is 0 Å². The van der Waals surface area contributed by atoms with Gasteiger partial charge >= 0.3 is 0 Å². The molecule has 0 atom stereocenters. The predicted octanol–water partition coefficient (Wildman–Crippen LogP) is 2.03. The van der Waals surface area contributed by atoms with E-state index in [-0.39, 0.29) is 10.6 Å². The number of aromatic nitrogens is 1. The van der Waals surface area contributed by atoms with E-state index in [4.69, 9.17) is 5.73 Å². The maximum absolute atomic E-state index is 12.2. The zero-order valence-electron chi connectivity index (χ0n) is 10.5. The van der Waals surface area contributed by atoms with Crippen LogP contribution in [0.3, 0.4) is 0 Å². The molecule has 1 heterocycles. The lowest BCUT2D eigenvalue weighted by molar-refractivity contribution is 0.601. The molecule has 3 N–H and O–H groups in total. The number of hydrogen-bond donors (Lipinski definition) is 2. The number of pyridine rings is 1.